The molecule has 24 heavy (non-hydrogen) atoms. The minimum absolute atomic E-state index is 0.329. The number of carbonyl (C=O) groups is 1. The molecule has 0 bridgehead atoms. The topological polar surface area (TPSA) is 66.2 Å². The molecule has 0 N–H and O–H groups in total. The van der Waals surface area contributed by atoms with Gasteiger partial charge in [0.25, 0.3) is 0 Å². The third kappa shape index (κ3) is 3.80. The Labute approximate surface area is 143 Å². The fourth-order valence-electron chi connectivity index (χ4n) is 2.10. The molecule has 2 heterocycles. The monoisotopic (exact) mass is 343 g/mol. The number of hydrogen-bond acceptors (Lipinski definition) is 6. The van der Waals surface area contributed by atoms with Crippen LogP contribution in [0.25, 0.3) is 10.6 Å². The Morgan fingerprint density at radius 2 is 2.08 bits per heavy atom. The molecule has 0 radical (unpaired) electrons. The van der Waals surface area contributed by atoms with Crippen LogP contribution in [0.5, 0.6) is 5.75 Å². The maximum absolute atomic E-state index is 11.6. The molecule has 0 saturated heterocycles. The van der Waals surface area contributed by atoms with Gasteiger partial charge in [0.15, 0.2) is 0 Å². The fourth-order valence-corrected chi connectivity index (χ4v) is 2.88. The Hall–Kier alpha value is -2.67. The first-order valence-electron chi connectivity index (χ1n) is 7.49. The van der Waals surface area contributed by atoms with Crippen molar-refractivity contribution in [1.82, 2.24) is 14.8 Å². The highest BCUT2D eigenvalue weighted by Gasteiger charge is 2.08. The summed E-state index contributed by atoms with van der Waals surface area (Å²) < 4.78 is 12.4. The first-order chi connectivity index (χ1) is 11.7. The molecule has 2 aromatic heterocycles. The van der Waals surface area contributed by atoms with Crippen molar-refractivity contribution in [1.29, 1.82) is 0 Å². The van der Waals surface area contributed by atoms with Gasteiger partial charge in [-0.3, -0.25) is 4.68 Å². The van der Waals surface area contributed by atoms with Crippen LogP contribution in [-0.4, -0.2) is 27.3 Å². The van der Waals surface area contributed by atoms with Gasteiger partial charge in [-0.2, -0.15) is 5.10 Å². The second-order valence-electron chi connectivity index (χ2n) is 5.08. The van der Waals surface area contributed by atoms with E-state index >= 15 is 0 Å². The first kappa shape index (κ1) is 16.2. The lowest BCUT2D eigenvalue weighted by Gasteiger charge is -2.05. The normalized spacial score (nSPS) is 10.6. The number of ether oxygens (including phenoxy) is 2. The maximum Gasteiger partial charge on any atom is 0.338 e. The van der Waals surface area contributed by atoms with Crippen molar-refractivity contribution in [2.24, 2.45) is 7.05 Å². The van der Waals surface area contributed by atoms with E-state index in [0.717, 1.165) is 16.3 Å². The Kier molecular flexibility index (Phi) is 4.90. The summed E-state index contributed by atoms with van der Waals surface area (Å²) in [5.41, 5.74) is 2.36. The summed E-state index contributed by atoms with van der Waals surface area (Å²) >= 11 is 1.56. The summed E-state index contributed by atoms with van der Waals surface area (Å²) in [4.78, 5) is 16.1. The van der Waals surface area contributed by atoms with Gasteiger partial charge >= 0.3 is 5.97 Å². The molecule has 7 heteroatoms. The Bertz CT molecular complexity index is 824. The average Bonchev–Trinajstić information content (AvgIpc) is 3.22. The predicted octanol–water partition coefficient (Wildman–Crippen LogP) is 3.30. The Morgan fingerprint density at radius 1 is 1.29 bits per heavy atom. The van der Waals surface area contributed by atoms with E-state index in [1.807, 2.05) is 18.6 Å². The zero-order chi connectivity index (χ0) is 16.9. The van der Waals surface area contributed by atoms with Crippen LogP contribution in [-0.2, 0) is 18.4 Å². The van der Waals surface area contributed by atoms with E-state index in [-0.39, 0.29) is 5.97 Å². The number of rotatable bonds is 6. The second kappa shape index (κ2) is 7.27. The third-order valence-electron chi connectivity index (χ3n) is 3.26. The number of aryl methyl sites for hydroxylation is 1. The van der Waals surface area contributed by atoms with Crippen LogP contribution in [0.2, 0.25) is 0 Å². The number of aromatic nitrogens is 3. The highest BCUT2D eigenvalue weighted by molar-refractivity contribution is 7.13. The van der Waals surface area contributed by atoms with E-state index in [0.29, 0.717) is 24.5 Å². The molecule has 124 valence electrons. The van der Waals surface area contributed by atoms with Gasteiger partial charge in [-0.05, 0) is 31.2 Å². The summed E-state index contributed by atoms with van der Waals surface area (Å²) in [6, 6.07) is 6.88. The van der Waals surface area contributed by atoms with E-state index < -0.39 is 0 Å². The van der Waals surface area contributed by atoms with Gasteiger partial charge in [0.05, 0.1) is 24.1 Å². The van der Waals surface area contributed by atoms with Crippen molar-refractivity contribution in [3.8, 4) is 16.3 Å². The molecule has 1 aromatic carbocycles. The van der Waals surface area contributed by atoms with Crippen LogP contribution < -0.4 is 4.74 Å². The lowest BCUT2D eigenvalue weighted by Crippen LogP contribution is -2.04. The molecule has 6 nitrogen and oxygen atoms in total. The van der Waals surface area contributed by atoms with Gasteiger partial charge < -0.3 is 9.47 Å². The smallest absolute Gasteiger partial charge is 0.338 e. The van der Waals surface area contributed by atoms with Crippen molar-refractivity contribution in [2.75, 3.05) is 6.61 Å². The Morgan fingerprint density at radius 3 is 2.75 bits per heavy atom. The number of benzene rings is 1. The van der Waals surface area contributed by atoms with Crippen molar-refractivity contribution in [3.05, 3.63) is 53.3 Å². The van der Waals surface area contributed by atoms with E-state index in [1.165, 1.54) is 0 Å². The minimum atomic E-state index is -0.329. The van der Waals surface area contributed by atoms with Crippen LogP contribution in [0, 0.1) is 0 Å². The molecule has 0 aliphatic heterocycles. The van der Waals surface area contributed by atoms with E-state index in [4.69, 9.17) is 9.47 Å². The number of nitrogens with zero attached hydrogens (tertiary/aromatic N) is 3. The summed E-state index contributed by atoms with van der Waals surface area (Å²) in [5.74, 6) is 0.351. The molecule has 3 rings (SSSR count). The van der Waals surface area contributed by atoms with Gasteiger partial charge in [0, 0.05) is 24.2 Å². The Balaban J connectivity index is 1.60. The molecule has 0 fully saturated rings. The van der Waals surface area contributed by atoms with Gasteiger partial charge in [-0.1, -0.05) is 0 Å². The first-order valence-corrected chi connectivity index (χ1v) is 8.37. The van der Waals surface area contributed by atoms with Gasteiger partial charge in [-0.15, -0.1) is 11.3 Å². The maximum atomic E-state index is 11.6. The molecule has 0 aliphatic carbocycles. The van der Waals surface area contributed by atoms with Gasteiger partial charge in [0.1, 0.15) is 17.4 Å². The average molecular weight is 343 g/mol. The SMILES string of the molecule is CCOC(=O)c1ccc(OCc2csc(-c3cnn(C)c3)n2)cc1. The van der Waals surface area contributed by atoms with Crippen LogP contribution >= 0.6 is 11.3 Å². The molecule has 0 aliphatic rings. The molecule has 3 aromatic rings. The van der Waals surface area contributed by atoms with Crippen LogP contribution in [0.15, 0.2) is 42.0 Å². The minimum Gasteiger partial charge on any atom is -0.487 e. The van der Waals surface area contributed by atoms with Crippen molar-refractivity contribution in [2.45, 2.75) is 13.5 Å². The standard InChI is InChI=1S/C17H17N3O3S/c1-3-22-17(21)12-4-6-15(7-5-12)23-10-14-11-24-16(19-14)13-8-18-20(2)9-13/h4-9,11H,3,10H2,1-2H3. The molecular formula is C17H17N3O3S. The third-order valence-corrected chi connectivity index (χ3v) is 4.20. The van der Waals surface area contributed by atoms with E-state index in [9.17, 15) is 4.79 Å². The van der Waals surface area contributed by atoms with Crippen LogP contribution in [0.4, 0.5) is 0 Å². The van der Waals surface area contributed by atoms with Gasteiger partial charge in [0.2, 0.25) is 0 Å². The number of carbonyl (C=O) groups excluding carboxylic acids is 1. The highest BCUT2D eigenvalue weighted by Crippen LogP contribution is 2.23. The summed E-state index contributed by atoms with van der Waals surface area (Å²) in [5, 5.41) is 7.03. The fraction of sp³-hybridized carbons (Fsp3) is 0.235. The highest BCUT2D eigenvalue weighted by atomic mass is 32.1. The number of esters is 1. The van der Waals surface area contributed by atoms with Gasteiger partial charge in [-0.25, -0.2) is 9.78 Å². The number of thiazole rings is 1. The zero-order valence-electron chi connectivity index (χ0n) is 13.4. The second-order valence-corrected chi connectivity index (χ2v) is 5.94. The summed E-state index contributed by atoms with van der Waals surface area (Å²) in [6.45, 7) is 2.51. The molecule has 0 saturated carbocycles. The quantitative estimate of drug-likeness (QED) is 0.643. The van der Waals surface area contributed by atoms with Crippen molar-refractivity contribution in [3.63, 3.8) is 0 Å². The lowest BCUT2D eigenvalue weighted by atomic mass is 10.2. The van der Waals surface area contributed by atoms with E-state index in [2.05, 4.69) is 10.1 Å². The molecule has 0 atom stereocenters. The zero-order valence-corrected chi connectivity index (χ0v) is 14.2. The van der Waals surface area contributed by atoms with Crippen LogP contribution in [0.3, 0.4) is 0 Å². The number of hydrogen-bond donors (Lipinski definition) is 0. The molecule has 0 amide bonds. The lowest BCUT2D eigenvalue weighted by molar-refractivity contribution is 0.0526. The molecule has 0 unspecified atom stereocenters. The summed E-state index contributed by atoms with van der Waals surface area (Å²) in [6.07, 6.45) is 3.72. The molecular weight excluding hydrogens is 326 g/mol. The van der Waals surface area contributed by atoms with Crippen LogP contribution in [0.1, 0.15) is 23.0 Å². The van der Waals surface area contributed by atoms with Crippen molar-refractivity contribution < 1.29 is 14.3 Å². The largest absolute Gasteiger partial charge is 0.487 e. The summed E-state index contributed by atoms with van der Waals surface area (Å²) in [7, 11) is 1.88. The molecule has 0 spiro atoms. The van der Waals surface area contributed by atoms with E-state index in [1.54, 1.807) is 53.4 Å². The predicted molar refractivity (Wildman–Crippen MR) is 91.0 cm³/mol. The van der Waals surface area contributed by atoms with Crippen molar-refractivity contribution >= 4 is 17.3 Å².